The minimum atomic E-state index is 0.393. The summed E-state index contributed by atoms with van der Waals surface area (Å²) in [5.74, 6) is 1.62. The van der Waals surface area contributed by atoms with E-state index in [1.165, 1.54) is 63.0 Å². The van der Waals surface area contributed by atoms with Crippen molar-refractivity contribution in [2.24, 2.45) is 16.7 Å². The maximum Gasteiger partial charge on any atom is 0.123 e. The van der Waals surface area contributed by atoms with Crippen LogP contribution in [0.5, 0.6) is 0 Å². The van der Waals surface area contributed by atoms with Crippen LogP contribution in [-0.2, 0) is 0 Å². The van der Waals surface area contributed by atoms with Crippen molar-refractivity contribution in [3.05, 3.63) is 35.3 Å². The highest BCUT2D eigenvalue weighted by Gasteiger charge is 2.40. The van der Waals surface area contributed by atoms with Crippen molar-refractivity contribution in [1.82, 2.24) is 9.88 Å². The minimum absolute atomic E-state index is 0.393. The van der Waals surface area contributed by atoms with E-state index in [1.54, 1.807) is 16.9 Å². The van der Waals surface area contributed by atoms with Crippen LogP contribution in [0.3, 0.4) is 0 Å². The van der Waals surface area contributed by atoms with Crippen molar-refractivity contribution in [3.63, 3.8) is 0 Å². The number of anilines is 1. The van der Waals surface area contributed by atoms with Crippen LogP contribution in [0.25, 0.3) is 10.6 Å². The quantitative estimate of drug-likeness (QED) is 0.521. The summed E-state index contributed by atoms with van der Waals surface area (Å²) in [6.07, 6.45) is 8.72. The molecule has 0 bridgehead atoms. The second-order valence-electron chi connectivity index (χ2n) is 12.0. The van der Waals surface area contributed by atoms with E-state index >= 15 is 0 Å². The summed E-state index contributed by atoms with van der Waals surface area (Å²) in [7, 11) is 0. The largest absolute Gasteiger partial charge is 0.369 e. The van der Waals surface area contributed by atoms with E-state index < -0.39 is 0 Å². The molecule has 2 heterocycles. The van der Waals surface area contributed by atoms with Crippen molar-refractivity contribution in [3.8, 4) is 10.6 Å². The molecule has 168 valence electrons. The van der Waals surface area contributed by atoms with E-state index in [2.05, 4.69) is 66.1 Å². The molecule has 1 aromatic carbocycles. The van der Waals surface area contributed by atoms with E-state index in [9.17, 15) is 0 Å². The second kappa shape index (κ2) is 8.19. The number of hydrogen-bond donors (Lipinski definition) is 0. The first kappa shape index (κ1) is 21.5. The van der Waals surface area contributed by atoms with Crippen LogP contribution in [0.2, 0.25) is 0 Å². The maximum atomic E-state index is 4.61. The molecule has 3 nitrogen and oxygen atoms in total. The number of thiazole rings is 1. The van der Waals surface area contributed by atoms with Gasteiger partial charge in [0.15, 0.2) is 0 Å². The van der Waals surface area contributed by atoms with Gasteiger partial charge in [-0.05, 0) is 78.5 Å². The third-order valence-electron chi connectivity index (χ3n) is 7.63. The maximum absolute atomic E-state index is 4.61. The Balaban J connectivity index is 1.44. The molecular weight excluding hydrogens is 398 g/mol. The van der Waals surface area contributed by atoms with Gasteiger partial charge in [0.1, 0.15) is 5.01 Å². The Labute approximate surface area is 192 Å². The third kappa shape index (κ3) is 5.01. The van der Waals surface area contributed by atoms with Gasteiger partial charge in [0.25, 0.3) is 0 Å². The monoisotopic (exact) mass is 437 g/mol. The molecule has 1 saturated heterocycles. The number of nitrogens with zero attached hydrogens (tertiary/aromatic N) is 3. The van der Waals surface area contributed by atoms with E-state index in [1.807, 2.05) is 6.20 Å². The van der Waals surface area contributed by atoms with Crippen LogP contribution >= 0.6 is 11.3 Å². The molecule has 1 aliphatic heterocycles. The molecule has 2 saturated carbocycles. The first-order valence-electron chi connectivity index (χ1n) is 12.3. The highest BCUT2D eigenvalue weighted by Crippen LogP contribution is 2.53. The Morgan fingerprint density at radius 3 is 2.32 bits per heavy atom. The standard InChI is InChI=1S/C27H39N3S/c1-26(2)16-22(17-27(3,4)19-26)23-15-21(25-28-9-14-31-25)7-8-24(23)30-12-10-29(11-13-30)18-20-5-6-20/h7-9,14-15,20,22H,5-6,10-13,16-19H2,1-4H3. The smallest absolute Gasteiger partial charge is 0.123 e. The van der Waals surface area contributed by atoms with Crippen molar-refractivity contribution in [1.29, 1.82) is 0 Å². The zero-order valence-electron chi connectivity index (χ0n) is 19.9. The molecule has 0 amide bonds. The van der Waals surface area contributed by atoms with Crippen LogP contribution in [0.4, 0.5) is 5.69 Å². The highest BCUT2D eigenvalue weighted by molar-refractivity contribution is 7.13. The number of benzene rings is 1. The van der Waals surface area contributed by atoms with Crippen LogP contribution < -0.4 is 4.90 Å². The van der Waals surface area contributed by atoms with Crippen molar-refractivity contribution in [2.45, 2.75) is 65.7 Å². The Hall–Kier alpha value is -1.39. The molecule has 4 heteroatoms. The molecule has 0 unspecified atom stereocenters. The predicted octanol–water partition coefficient (Wildman–Crippen LogP) is 6.66. The summed E-state index contributed by atoms with van der Waals surface area (Å²) < 4.78 is 0. The summed E-state index contributed by atoms with van der Waals surface area (Å²) >= 11 is 1.75. The fourth-order valence-electron chi connectivity index (χ4n) is 6.57. The summed E-state index contributed by atoms with van der Waals surface area (Å²) in [6, 6.07) is 7.22. The summed E-state index contributed by atoms with van der Waals surface area (Å²) in [5, 5.41) is 3.24. The van der Waals surface area contributed by atoms with E-state index in [-0.39, 0.29) is 0 Å². The van der Waals surface area contributed by atoms with Gasteiger partial charge in [-0.1, -0.05) is 27.7 Å². The number of piperazine rings is 1. The molecule has 2 aliphatic carbocycles. The average Bonchev–Trinajstić information content (AvgIpc) is 3.34. The van der Waals surface area contributed by atoms with Gasteiger partial charge in [-0.15, -0.1) is 11.3 Å². The molecule has 0 spiro atoms. The molecule has 0 atom stereocenters. The van der Waals surface area contributed by atoms with Crippen LogP contribution in [-0.4, -0.2) is 42.6 Å². The SMILES string of the molecule is CC1(C)CC(c2cc(-c3nccs3)ccc2N2CCN(CC3CC3)CC2)CC(C)(C)C1. The fourth-order valence-corrected chi connectivity index (χ4v) is 7.21. The van der Waals surface area contributed by atoms with Crippen LogP contribution in [0, 0.1) is 16.7 Å². The van der Waals surface area contributed by atoms with Crippen LogP contribution in [0.15, 0.2) is 29.8 Å². The lowest BCUT2D eigenvalue weighted by Crippen LogP contribution is -2.47. The van der Waals surface area contributed by atoms with E-state index in [4.69, 9.17) is 0 Å². The second-order valence-corrected chi connectivity index (χ2v) is 12.8. The molecule has 31 heavy (non-hydrogen) atoms. The molecule has 2 aromatic rings. The van der Waals surface area contributed by atoms with Crippen molar-refractivity contribution >= 4 is 17.0 Å². The Bertz CT molecular complexity index is 873. The molecular formula is C27H39N3S. The topological polar surface area (TPSA) is 19.4 Å². The van der Waals surface area contributed by atoms with Gasteiger partial charge >= 0.3 is 0 Å². The fraction of sp³-hybridized carbons (Fsp3) is 0.667. The molecule has 0 radical (unpaired) electrons. The average molecular weight is 438 g/mol. The van der Waals surface area contributed by atoms with Gasteiger partial charge in [-0.25, -0.2) is 4.98 Å². The Morgan fingerprint density at radius 2 is 1.71 bits per heavy atom. The number of aromatic nitrogens is 1. The zero-order valence-corrected chi connectivity index (χ0v) is 20.7. The molecule has 3 aliphatic rings. The zero-order chi connectivity index (χ0) is 21.6. The Kier molecular flexibility index (Phi) is 5.67. The van der Waals surface area contributed by atoms with Gasteiger partial charge in [0, 0.05) is 55.6 Å². The van der Waals surface area contributed by atoms with Crippen molar-refractivity contribution in [2.75, 3.05) is 37.6 Å². The summed E-state index contributed by atoms with van der Waals surface area (Å²) in [4.78, 5) is 9.99. The minimum Gasteiger partial charge on any atom is -0.369 e. The molecule has 5 rings (SSSR count). The summed E-state index contributed by atoms with van der Waals surface area (Å²) in [6.45, 7) is 16.0. The number of rotatable bonds is 5. The molecule has 0 N–H and O–H groups in total. The van der Waals surface area contributed by atoms with Gasteiger partial charge in [-0.2, -0.15) is 0 Å². The van der Waals surface area contributed by atoms with Gasteiger partial charge in [0.2, 0.25) is 0 Å². The first-order valence-corrected chi connectivity index (χ1v) is 13.2. The molecule has 1 aromatic heterocycles. The third-order valence-corrected chi connectivity index (χ3v) is 8.45. The van der Waals surface area contributed by atoms with Gasteiger partial charge in [0.05, 0.1) is 0 Å². The van der Waals surface area contributed by atoms with E-state index in [0.717, 1.165) is 24.0 Å². The van der Waals surface area contributed by atoms with E-state index in [0.29, 0.717) is 16.7 Å². The normalized spacial score (nSPS) is 24.5. The summed E-state index contributed by atoms with van der Waals surface area (Å²) in [5.41, 5.74) is 5.14. The highest BCUT2D eigenvalue weighted by atomic mass is 32.1. The van der Waals surface area contributed by atoms with Crippen molar-refractivity contribution < 1.29 is 0 Å². The lowest BCUT2D eigenvalue weighted by Gasteiger charge is -2.46. The predicted molar refractivity (Wildman–Crippen MR) is 133 cm³/mol. The number of hydrogen-bond acceptors (Lipinski definition) is 4. The first-order chi connectivity index (χ1) is 14.8. The van der Waals surface area contributed by atoms with Gasteiger partial charge in [-0.3, -0.25) is 4.90 Å². The lowest BCUT2D eigenvalue weighted by molar-refractivity contribution is 0.0970. The molecule has 3 fully saturated rings. The Morgan fingerprint density at radius 1 is 1.00 bits per heavy atom. The lowest BCUT2D eigenvalue weighted by atomic mass is 9.60. The van der Waals surface area contributed by atoms with Crippen LogP contribution in [0.1, 0.15) is 71.3 Å². The van der Waals surface area contributed by atoms with Gasteiger partial charge < -0.3 is 4.90 Å².